The Kier molecular flexibility index (Phi) is 7.12. The number of rotatable bonds is 6. The summed E-state index contributed by atoms with van der Waals surface area (Å²) in [6.07, 6.45) is 1.41. The van der Waals surface area contributed by atoms with Crippen LogP contribution in [0.2, 0.25) is 5.02 Å². The molecule has 1 N–H and O–H groups in total. The molecule has 0 saturated carbocycles. The molecular weight excluding hydrogens is 480 g/mol. The monoisotopic (exact) mass is 504 g/mol. The molecule has 8 heteroatoms. The smallest absolute Gasteiger partial charge is 0.335 e. The maximum absolute atomic E-state index is 13.2. The standard InChI is InChI=1S/C28H25ClN2O5/c1-16-9-17(2)11-20(10-16)15-36-24-8-6-19(13-25(24)35-4)12-22-26(32)30-28(34)31(27(22)33)23-14-21(29)7-5-18(23)3/h5-14H,15H2,1-4H3,(H,30,32,34)/b22-12+. The minimum atomic E-state index is -0.833. The number of nitrogens with one attached hydrogen (secondary N) is 1. The van der Waals surface area contributed by atoms with Crippen LogP contribution in [0.1, 0.15) is 27.8 Å². The molecule has 36 heavy (non-hydrogen) atoms. The number of nitrogens with zero attached hydrogens (tertiary/aromatic N) is 1. The van der Waals surface area contributed by atoms with Crippen molar-refractivity contribution in [3.63, 3.8) is 0 Å². The van der Waals surface area contributed by atoms with Crippen LogP contribution in [-0.2, 0) is 16.2 Å². The number of anilines is 1. The van der Waals surface area contributed by atoms with Crippen LogP contribution in [0.5, 0.6) is 11.5 Å². The van der Waals surface area contributed by atoms with E-state index in [1.54, 1.807) is 37.3 Å². The Morgan fingerprint density at radius 1 is 0.917 bits per heavy atom. The van der Waals surface area contributed by atoms with E-state index >= 15 is 0 Å². The van der Waals surface area contributed by atoms with Crippen LogP contribution >= 0.6 is 11.6 Å². The van der Waals surface area contributed by atoms with Crippen molar-refractivity contribution >= 4 is 41.2 Å². The molecule has 0 unspecified atom stereocenters. The highest BCUT2D eigenvalue weighted by Gasteiger charge is 2.37. The van der Waals surface area contributed by atoms with Gasteiger partial charge in [-0.15, -0.1) is 0 Å². The van der Waals surface area contributed by atoms with Gasteiger partial charge in [0.2, 0.25) is 0 Å². The molecule has 0 aliphatic carbocycles. The fourth-order valence-electron chi connectivity index (χ4n) is 4.07. The maximum Gasteiger partial charge on any atom is 0.335 e. The number of carbonyl (C=O) groups is 3. The number of barbiturate groups is 1. The van der Waals surface area contributed by atoms with Gasteiger partial charge in [0.05, 0.1) is 12.8 Å². The molecule has 0 aromatic heterocycles. The molecule has 0 bridgehead atoms. The van der Waals surface area contributed by atoms with Gasteiger partial charge in [0.15, 0.2) is 11.5 Å². The molecule has 0 atom stereocenters. The van der Waals surface area contributed by atoms with Gasteiger partial charge in [-0.2, -0.15) is 0 Å². The van der Waals surface area contributed by atoms with Gasteiger partial charge in [-0.25, -0.2) is 9.69 Å². The summed E-state index contributed by atoms with van der Waals surface area (Å²) in [5.74, 6) is -0.570. The van der Waals surface area contributed by atoms with E-state index < -0.39 is 17.8 Å². The summed E-state index contributed by atoms with van der Waals surface area (Å²) in [7, 11) is 1.51. The highest BCUT2D eigenvalue weighted by atomic mass is 35.5. The molecule has 0 spiro atoms. The second-order valence-electron chi connectivity index (χ2n) is 8.58. The third-order valence-electron chi connectivity index (χ3n) is 5.69. The lowest BCUT2D eigenvalue weighted by Gasteiger charge is -2.27. The van der Waals surface area contributed by atoms with Crippen molar-refractivity contribution in [1.82, 2.24) is 5.32 Å². The second kappa shape index (κ2) is 10.3. The molecule has 1 saturated heterocycles. The summed E-state index contributed by atoms with van der Waals surface area (Å²) in [6, 6.07) is 15.3. The van der Waals surface area contributed by atoms with Crippen LogP contribution < -0.4 is 19.7 Å². The normalized spacial score (nSPS) is 14.8. The zero-order valence-corrected chi connectivity index (χ0v) is 21.1. The molecule has 0 radical (unpaired) electrons. The van der Waals surface area contributed by atoms with Gasteiger partial charge in [-0.1, -0.05) is 53.1 Å². The van der Waals surface area contributed by atoms with Gasteiger partial charge >= 0.3 is 6.03 Å². The number of carbonyl (C=O) groups excluding carboxylic acids is 3. The van der Waals surface area contributed by atoms with Gasteiger partial charge < -0.3 is 9.47 Å². The van der Waals surface area contributed by atoms with E-state index in [2.05, 4.69) is 23.5 Å². The molecule has 3 aromatic rings. The molecule has 4 rings (SSSR count). The van der Waals surface area contributed by atoms with E-state index in [-0.39, 0.29) is 5.57 Å². The molecule has 3 aromatic carbocycles. The molecular formula is C28H25ClN2O5. The number of urea groups is 1. The highest BCUT2D eigenvalue weighted by Crippen LogP contribution is 2.31. The molecule has 184 valence electrons. The fourth-order valence-corrected chi connectivity index (χ4v) is 4.24. The van der Waals surface area contributed by atoms with Crippen molar-refractivity contribution in [2.75, 3.05) is 12.0 Å². The second-order valence-corrected chi connectivity index (χ2v) is 9.02. The summed E-state index contributed by atoms with van der Waals surface area (Å²) >= 11 is 6.08. The lowest BCUT2D eigenvalue weighted by Crippen LogP contribution is -2.54. The van der Waals surface area contributed by atoms with Crippen LogP contribution in [0.4, 0.5) is 10.5 Å². The fraction of sp³-hybridized carbons (Fsp3) is 0.179. The summed E-state index contributed by atoms with van der Waals surface area (Å²) in [5.41, 5.74) is 4.63. The first-order valence-electron chi connectivity index (χ1n) is 11.2. The Morgan fingerprint density at radius 3 is 2.33 bits per heavy atom. The SMILES string of the molecule is COc1cc(/C=C2\C(=O)NC(=O)N(c3cc(Cl)ccc3C)C2=O)ccc1OCc1cc(C)cc(C)c1. The minimum absolute atomic E-state index is 0.195. The first-order chi connectivity index (χ1) is 17.2. The van der Waals surface area contributed by atoms with Gasteiger partial charge in [0.25, 0.3) is 11.8 Å². The number of ether oxygens (including phenoxy) is 2. The van der Waals surface area contributed by atoms with Gasteiger partial charge in [-0.3, -0.25) is 14.9 Å². The lowest BCUT2D eigenvalue weighted by molar-refractivity contribution is -0.122. The zero-order valence-electron chi connectivity index (χ0n) is 20.3. The molecule has 1 aliphatic heterocycles. The molecule has 7 nitrogen and oxygen atoms in total. The molecule has 1 aliphatic rings. The number of hydrogen-bond donors (Lipinski definition) is 1. The Hall–Kier alpha value is -4.10. The Bertz CT molecular complexity index is 1390. The quantitative estimate of drug-likeness (QED) is 0.353. The minimum Gasteiger partial charge on any atom is -0.493 e. The van der Waals surface area contributed by atoms with Crippen molar-refractivity contribution in [3.05, 3.63) is 93.0 Å². The van der Waals surface area contributed by atoms with E-state index in [0.29, 0.717) is 39.9 Å². The predicted octanol–water partition coefficient (Wildman–Crippen LogP) is 5.52. The molecule has 1 fully saturated rings. The van der Waals surface area contributed by atoms with E-state index in [4.69, 9.17) is 21.1 Å². The topological polar surface area (TPSA) is 84.9 Å². The molecule has 4 amide bonds. The number of amides is 4. The average Bonchev–Trinajstić information content (AvgIpc) is 2.82. The summed E-state index contributed by atoms with van der Waals surface area (Å²) in [5, 5.41) is 2.58. The average molecular weight is 505 g/mol. The number of methoxy groups -OCH3 is 1. The van der Waals surface area contributed by atoms with Gasteiger partial charge in [-0.05, 0) is 67.8 Å². The van der Waals surface area contributed by atoms with Crippen molar-refractivity contribution in [2.45, 2.75) is 27.4 Å². The van der Waals surface area contributed by atoms with Crippen LogP contribution in [0, 0.1) is 20.8 Å². The molecule has 1 heterocycles. The zero-order chi connectivity index (χ0) is 26.0. The largest absolute Gasteiger partial charge is 0.493 e. The van der Waals surface area contributed by atoms with Crippen molar-refractivity contribution in [2.24, 2.45) is 0 Å². The van der Waals surface area contributed by atoms with Gasteiger partial charge in [0, 0.05) is 5.02 Å². The number of benzene rings is 3. The predicted molar refractivity (Wildman–Crippen MR) is 138 cm³/mol. The van der Waals surface area contributed by atoms with Crippen molar-refractivity contribution in [1.29, 1.82) is 0 Å². The van der Waals surface area contributed by atoms with Crippen LogP contribution in [0.25, 0.3) is 6.08 Å². The Balaban J connectivity index is 1.61. The van der Waals surface area contributed by atoms with E-state index in [1.165, 1.54) is 19.3 Å². The lowest BCUT2D eigenvalue weighted by atomic mass is 10.1. The third-order valence-corrected chi connectivity index (χ3v) is 5.92. The third kappa shape index (κ3) is 5.26. The number of aryl methyl sites for hydroxylation is 3. The summed E-state index contributed by atoms with van der Waals surface area (Å²) in [4.78, 5) is 39.2. The highest BCUT2D eigenvalue weighted by molar-refractivity contribution is 6.39. The van der Waals surface area contributed by atoms with E-state index in [0.717, 1.165) is 21.6 Å². The van der Waals surface area contributed by atoms with Crippen LogP contribution in [0.3, 0.4) is 0 Å². The first-order valence-corrected chi connectivity index (χ1v) is 11.6. The summed E-state index contributed by atoms with van der Waals surface area (Å²) in [6.45, 7) is 6.17. The van der Waals surface area contributed by atoms with E-state index in [9.17, 15) is 14.4 Å². The number of imide groups is 2. The van der Waals surface area contributed by atoms with Gasteiger partial charge in [0.1, 0.15) is 12.2 Å². The summed E-state index contributed by atoms with van der Waals surface area (Å²) < 4.78 is 11.4. The van der Waals surface area contributed by atoms with E-state index in [1.807, 2.05) is 13.8 Å². The number of halogens is 1. The van der Waals surface area contributed by atoms with Crippen molar-refractivity contribution in [3.8, 4) is 11.5 Å². The number of hydrogen-bond acceptors (Lipinski definition) is 5. The Morgan fingerprint density at radius 2 is 1.64 bits per heavy atom. The first kappa shape index (κ1) is 25.0. The Labute approximate surface area is 214 Å². The van der Waals surface area contributed by atoms with Crippen molar-refractivity contribution < 1.29 is 23.9 Å². The van der Waals surface area contributed by atoms with Crippen LogP contribution in [0.15, 0.2) is 60.2 Å². The van der Waals surface area contributed by atoms with Crippen LogP contribution in [-0.4, -0.2) is 25.0 Å². The maximum atomic E-state index is 13.2.